The number of nitrogens with one attached hydrogen (secondary N) is 1. The Morgan fingerprint density at radius 3 is 2.70 bits per heavy atom. The highest BCUT2D eigenvalue weighted by atomic mass is 15.1. The summed E-state index contributed by atoms with van der Waals surface area (Å²) in [5.41, 5.74) is 2.74. The van der Waals surface area contributed by atoms with Crippen molar-refractivity contribution in [2.24, 2.45) is 0 Å². The number of benzene rings is 1. The van der Waals surface area contributed by atoms with Crippen LogP contribution in [0.25, 0.3) is 0 Å². The van der Waals surface area contributed by atoms with Crippen molar-refractivity contribution in [2.75, 3.05) is 18.4 Å². The Hall–Kier alpha value is -1.02. The SMILES string of the molecule is CCCCC(CC)Nc1cccc(CN2CCCC2)c1. The van der Waals surface area contributed by atoms with Gasteiger partial charge >= 0.3 is 0 Å². The average Bonchev–Trinajstić information content (AvgIpc) is 2.96. The summed E-state index contributed by atoms with van der Waals surface area (Å²) in [5.74, 6) is 0. The first kappa shape index (κ1) is 15.4. The molecule has 1 saturated heterocycles. The molecule has 0 saturated carbocycles. The van der Waals surface area contributed by atoms with Crippen molar-refractivity contribution in [3.8, 4) is 0 Å². The lowest BCUT2D eigenvalue weighted by molar-refractivity contribution is 0.331. The number of anilines is 1. The van der Waals surface area contributed by atoms with Gasteiger partial charge in [0.25, 0.3) is 0 Å². The van der Waals surface area contributed by atoms with Gasteiger partial charge in [0, 0.05) is 18.3 Å². The van der Waals surface area contributed by atoms with E-state index in [1.807, 2.05) is 0 Å². The van der Waals surface area contributed by atoms with Crippen LogP contribution in [0.15, 0.2) is 24.3 Å². The molecule has 2 nitrogen and oxygen atoms in total. The summed E-state index contributed by atoms with van der Waals surface area (Å²) in [7, 11) is 0. The molecule has 0 spiro atoms. The molecule has 0 bridgehead atoms. The molecule has 1 heterocycles. The van der Waals surface area contributed by atoms with Crippen LogP contribution in [0.3, 0.4) is 0 Å². The van der Waals surface area contributed by atoms with Crippen LogP contribution in [0.2, 0.25) is 0 Å². The molecule has 1 aliphatic rings. The maximum atomic E-state index is 3.71. The lowest BCUT2D eigenvalue weighted by atomic mass is 10.1. The standard InChI is InChI=1S/C18H30N2/c1-3-5-10-17(4-2)19-18-11-8-9-16(14-18)15-20-12-6-7-13-20/h8-9,11,14,17,19H,3-7,10,12-13,15H2,1-2H3. The summed E-state index contributed by atoms with van der Waals surface area (Å²) in [6.07, 6.45) is 7.82. The fourth-order valence-electron chi connectivity index (χ4n) is 3.02. The number of unbranched alkanes of at least 4 members (excludes halogenated alkanes) is 1. The van der Waals surface area contributed by atoms with E-state index in [1.54, 1.807) is 0 Å². The normalized spacial score (nSPS) is 17.3. The first-order valence-corrected chi connectivity index (χ1v) is 8.39. The minimum Gasteiger partial charge on any atom is -0.382 e. The largest absolute Gasteiger partial charge is 0.382 e. The summed E-state index contributed by atoms with van der Waals surface area (Å²) in [6.45, 7) is 8.20. The van der Waals surface area contributed by atoms with Gasteiger partial charge in [-0.2, -0.15) is 0 Å². The van der Waals surface area contributed by atoms with Crippen molar-refractivity contribution in [1.82, 2.24) is 4.90 Å². The van der Waals surface area contributed by atoms with E-state index in [1.165, 1.54) is 62.9 Å². The van der Waals surface area contributed by atoms with E-state index in [9.17, 15) is 0 Å². The molecule has 1 aromatic rings. The molecule has 0 amide bonds. The van der Waals surface area contributed by atoms with Crippen LogP contribution in [0.4, 0.5) is 5.69 Å². The third-order valence-corrected chi connectivity index (χ3v) is 4.30. The third kappa shape index (κ3) is 4.82. The first-order chi connectivity index (χ1) is 9.81. The number of nitrogens with zero attached hydrogens (tertiary/aromatic N) is 1. The lowest BCUT2D eigenvalue weighted by Gasteiger charge is -2.20. The second-order valence-corrected chi connectivity index (χ2v) is 6.08. The van der Waals surface area contributed by atoms with Gasteiger partial charge in [-0.1, -0.05) is 38.8 Å². The highest BCUT2D eigenvalue weighted by molar-refractivity contribution is 5.46. The van der Waals surface area contributed by atoms with E-state index in [-0.39, 0.29) is 0 Å². The van der Waals surface area contributed by atoms with E-state index in [2.05, 4.69) is 48.3 Å². The molecule has 1 N–H and O–H groups in total. The van der Waals surface area contributed by atoms with E-state index in [4.69, 9.17) is 0 Å². The Labute approximate surface area is 124 Å². The fraction of sp³-hybridized carbons (Fsp3) is 0.667. The molecule has 0 aliphatic carbocycles. The Morgan fingerprint density at radius 1 is 1.20 bits per heavy atom. The van der Waals surface area contributed by atoms with Crippen molar-refractivity contribution in [3.63, 3.8) is 0 Å². The quantitative estimate of drug-likeness (QED) is 0.741. The van der Waals surface area contributed by atoms with E-state index >= 15 is 0 Å². The molecule has 0 aromatic heterocycles. The lowest BCUT2D eigenvalue weighted by Crippen LogP contribution is -2.20. The van der Waals surface area contributed by atoms with Gasteiger partial charge in [0.2, 0.25) is 0 Å². The van der Waals surface area contributed by atoms with E-state index in [0.717, 1.165) is 6.54 Å². The molecule has 1 aliphatic heterocycles. The molecule has 1 fully saturated rings. The van der Waals surface area contributed by atoms with Gasteiger partial charge < -0.3 is 5.32 Å². The zero-order valence-corrected chi connectivity index (χ0v) is 13.2. The molecule has 1 aromatic carbocycles. The molecular formula is C18H30N2. The Kier molecular flexibility index (Phi) is 6.38. The summed E-state index contributed by atoms with van der Waals surface area (Å²) in [5, 5.41) is 3.71. The number of hydrogen-bond acceptors (Lipinski definition) is 2. The maximum absolute atomic E-state index is 3.71. The monoisotopic (exact) mass is 274 g/mol. The topological polar surface area (TPSA) is 15.3 Å². The van der Waals surface area contributed by atoms with Crippen LogP contribution in [-0.4, -0.2) is 24.0 Å². The molecule has 1 unspecified atom stereocenters. The summed E-state index contributed by atoms with van der Waals surface area (Å²) >= 11 is 0. The van der Waals surface area contributed by atoms with Gasteiger partial charge in [-0.05, 0) is 56.5 Å². The summed E-state index contributed by atoms with van der Waals surface area (Å²) in [6, 6.07) is 9.63. The molecule has 1 atom stereocenters. The third-order valence-electron chi connectivity index (χ3n) is 4.30. The zero-order valence-electron chi connectivity index (χ0n) is 13.2. The van der Waals surface area contributed by atoms with Crippen molar-refractivity contribution < 1.29 is 0 Å². The second-order valence-electron chi connectivity index (χ2n) is 6.08. The maximum Gasteiger partial charge on any atom is 0.0345 e. The van der Waals surface area contributed by atoms with Crippen LogP contribution < -0.4 is 5.32 Å². The van der Waals surface area contributed by atoms with E-state index in [0.29, 0.717) is 6.04 Å². The van der Waals surface area contributed by atoms with Gasteiger partial charge in [0.15, 0.2) is 0 Å². The van der Waals surface area contributed by atoms with Crippen molar-refractivity contribution >= 4 is 5.69 Å². The van der Waals surface area contributed by atoms with Crippen LogP contribution in [0, 0.1) is 0 Å². The fourth-order valence-corrected chi connectivity index (χ4v) is 3.02. The second kappa shape index (κ2) is 8.31. The highest BCUT2D eigenvalue weighted by Crippen LogP contribution is 2.18. The van der Waals surface area contributed by atoms with Gasteiger partial charge in [-0.25, -0.2) is 0 Å². The number of hydrogen-bond donors (Lipinski definition) is 1. The van der Waals surface area contributed by atoms with Gasteiger partial charge in [-0.15, -0.1) is 0 Å². The van der Waals surface area contributed by atoms with Gasteiger partial charge in [-0.3, -0.25) is 4.90 Å². The summed E-state index contributed by atoms with van der Waals surface area (Å²) in [4.78, 5) is 2.56. The van der Waals surface area contributed by atoms with Crippen LogP contribution in [0.1, 0.15) is 57.9 Å². The summed E-state index contributed by atoms with van der Waals surface area (Å²) < 4.78 is 0. The predicted molar refractivity (Wildman–Crippen MR) is 88.2 cm³/mol. The molecule has 2 heteroatoms. The molecule has 20 heavy (non-hydrogen) atoms. The van der Waals surface area contributed by atoms with Crippen molar-refractivity contribution in [2.45, 2.75) is 65.0 Å². The van der Waals surface area contributed by atoms with Gasteiger partial charge in [0.05, 0.1) is 0 Å². The smallest absolute Gasteiger partial charge is 0.0345 e. The Morgan fingerprint density at radius 2 is 2.00 bits per heavy atom. The van der Waals surface area contributed by atoms with Crippen LogP contribution in [-0.2, 0) is 6.54 Å². The van der Waals surface area contributed by atoms with E-state index < -0.39 is 0 Å². The van der Waals surface area contributed by atoms with Crippen molar-refractivity contribution in [3.05, 3.63) is 29.8 Å². The Balaban J connectivity index is 1.90. The van der Waals surface area contributed by atoms with Gasteiger partial charge in [0.1, 0.15) is 0 Å². The minimum absolute atomic E-state index is 0.622. The molecule has 112 valence electrons. The van der Waals surface area contributed by atoms with Crippen LogP contribution >= 0.6 is 0 Å². The van der Waals surface area contributed by atoms with Crippen LogP contribution in [0.5, 0.6) is 0 Å². The Bertz CT molecular complexity index is 383. The number of likely N-dealkylation sites (tertiary alicyclic amines) is 1. The molecular weight excluding hydrogens is 244 g/mol. The molecule has 2 rings (SSSR count). The molecule has 0 radical (unpaired) electrons. The van der Waals surface area contributed by atoms with Crippen molar-refractivity contribution in [1.29, 1.82) is 0 Å². The predicted octanol–water partition coefficient (Wildman–Crippen LogP) is 4.66. The average molecular weight is 274 g/mol. The zero-order chi connectivity index (χ0) is 14.2. The first-order valence-electron chi connectivity index (χ1n) is 8.39. The highest BCUT2D eigenvalue weighted by Gasteiger charge is 2.12. The number of rotatable bonds is 8. The minimum atomic E-state index is 0.622.